The van der Waals surface area contributed by atoms with Crippen LogP contribution in [0.2, 0.25) is 10.0 Å². The number of carbonyl (C=O) groups excluding carboxylic acids is 1. The highest BCUT2D eigenvalue weighted by molar-refractivity contribution is 9.09. The summed E-state index contributed by atoms with van der Waals surface area (Å²) in [5.41, 5.74) is 1.02. The average molecular weight is 312 g/mol. The molecule has 0 aromatic heterocycles. The molecule has 0 spiro atoms. The maximum Gasteiger partial charge on any atom is 0.339 e. The first-order valence-electron chi connectivity index (χ1n) is 4.19. The number of hydrogen-bond donors (Lipinski definition) is 0. The van der Waals surface area contributed by atoms with Gasteiger partial charge < -0.3 is 4.74 Å². The van der Waals surface area contributed by atoms with Crippen molar-refractivity contribution in [2.75, 3.05) is 7.11 Å². The van der Waals surface area contributed by atoms with Gasteiger partial charge in [-0.25, -0.2) is 4.79 Å². The van der Waals surface area contributed by atoms with Gasteiger partial charge in [0.15, 0.2) is 0 Å². The standard InChI is InChI=1S/C10H9BrCl2O2/c1-5(11)8-7(12)4-3-6(9(8)13)10(14)15-2/h3-5H,1-2H3. The Kier molecular flexibility index (Phi) is 4.44. The molecule has 5 heteroatoms. The number of rotatable bonds is 2. The molecule has 2 nitrogen and oxygen atoms in total. The van der Waals surface area contributed by atoms with E-state index in [-0.39, 0.29) is 4.83 Å². The van der Waals surface area contributed by atoms with Crippen LogP contribution in [0.3, 0.4) is 0 Å². The first kappa shape index (κ1) is 12.8. The fourth-order valence-corrected chi connectivity index (χ4v) is 2.72. The van der Waals surface area contributed by atoms with Crippen molar-refractivity contribution in [1.29, 1.82) is 0 Å². The molecule has 0 N–H and O–H groups in total. The summed E-state index contributed by atoms with van der Waals surface area (Å²) < 4.78 is 4.61. The predicted molar refractivity (Wildman–Crippen MR) is 65.1 cm³/mol. The van der Waals surface area contributed by atoms with E-state index in [1.54, 1.807) is 12.1 Å². The molecule has 1 unspecified atom stereocenters. The summed E-state index contributed by atoms with van der Waals surface area (Å²) in [7, 11) is 1.31. The van der Waals surface area contributed by atoms with E-state index in [0.717, 1.165) is 0 Å². The predicted octanol–water partition coefficient (Wildman–Crippen LogP) is 4.24. The minimum Gasteiger partial charge on any atom is -0.465 e. The van der Waals surface area contributed by atoms with Crippen LogP contribution in [0.4, 0.5) is 0 Å². The van der Waals surface area contributed by atoms with Crippen LogP contribution in [0.5, 0.6) is 0 Å². The minimum atomic E-state index is -0.467. The van der Waals surface area contributed by atoms with Gasteiger partial charge in [-0.2, -0.15) is 0 Å². The second kappa shape index (κ2) is 5.19. The topological polar surface area (TPSA) is 26.3 Å². The zero-order chi connectivity index (χ0) is 11.6. The molecule has 0 aliphatic rings. The van der Waals surface area contributed by atoms with Gasteiger partial charge in [0.05, 0.1) is 17.7 Å². The molecule has 1 rings (SSSR count). The van der Waals surface area contributed by atoms with E-state index >= 15 is 0 Å². The van der Waals surface area contributed by atoms with Crippen LogP contribution in [-0.4, -0.2) is 13.1 Å². The second-order valence-corrected chi connectivity index (χ2v) is 5.09. The van der Waals surface area contributed by atoms with E-state index in [9.17, 15) is 4.79 Å². The Balaban J connectivity index is 3.35. The molecule has 0 aliphatic carbocycles. The summed E-state index contributed by atoms with van der Waals surface area (Å²) in [4.78, 5) is 11.3. The zero-order valence-corrected chi connectivity index (χ0v) is 11.3. The summed E-state index contributed by atoms with van der Waals surface area (Å²) >= 11 is 15.4. The number of carbonyl (C=O) groups is 1. The van der Waals surface area contributed by atoms with E-state index in [1.165, 1.54) is 7.11 Å². The summed E-state index contributed by atoms with van der Waals surface area (Å²) in [6.45, 7) is 1.88. The van der Waals surface area contributed by atoms with Crippen molar-refractivity contribution in [1.82, 2.24) is 0 Å². The van der Waals surface area contributed by atoms with Gasteiger partial charge in [-0.1, -0.05) is 39.1 Å². The van der Waals surface area contributed by atoms with Gasteiger partial charge in [0.1, 0.15) is 0 Å². The summed E-state index contributed by atoms with van der Waals surface area (Å²) in [5, 5.41) is 0.857. The Labute approximate surface area is 107 Å². The molecular formula is C10H9BrCl2O2. The van der Waals surface area contributed by atoms with Crippen molar-refractivity contribution in [2.24, 2.45) is 0 Å². The van der Waals surface area contributed by atoms with Crippen LogP contribution in [0, 0.1) is 0 Å². The van der Waals surface area contributed by atoms with Crippen molar-refractivity contribution in [3.8, 4) is 0 Å². The molecule has 0 fully saturated rings. The molecule has 0 bridgehead atoms. The maximum absolute atomic E-state index is 11.4. The molecule has 15 heavy (non-hydrogen) atoms. The largest absolute Gasteiger partial charge is 0.465 e. The lowest BCUT2D eigenvalue weighted by atomic mass is 10.1. The molecule has 1 atom stereocenters. The molecular weight excluding hydrogens is 303 g/mol. The van der Waals surface area contributed by atoms with Crippen molar-refractivity contribution in [3.05, 3.63) is 33.3 Å². The van der Waals surface area contributed by atoms with E-state index in [2.05, 4.69) is 20.7 Å². The number of ether oxygens (including phenoxy) is 1. The number of hydrogen-bond acceptors (Lipinski definition) is 2. The molecule has 0 saturated heterocycles. The quantitative estimate of drug-likeness (QED) is 0.603. The molecule has 0 saturated carbocycles. The van der Waals surface area contributed by atoms with Gasteiger partial charge in [0, 0.05) is 15.4 Å². The number of esters is 1. The monoisotopic (exact) mass is 310 g/mol. The van der Waals surface area contributed by atoms with Gasteiger partial charge in [0.25, 0.3) is 0 Å². The zero-order valence-electron chi connectivity index (χ0n) is 8.18. The smallest absolute Gasteiger partial charge is 0.339 e. The van der Waals surface area contributed by atoms with Gasteiger partial charge in [-0.15, -0.1) is 0 Å². The highest BCUT2D eigenvalue weighted by Crippen LogP contribution is 2.37. The fourth-order valence-electron chi connectivity index (χ4n) is 1.20. The van der Waals surface area contributed by atoms with Crippen molar-refractivity contribution < 1.29 is 9.53 Å². The highest BCUT2D eigenvalue weighted by atomic mass is 79.9. The van der Waals surface area contributed by atoms with Crippen LogP contribution in [-0.2, 0) is 4.74 Å². The lowest BCUT2D eigenvalue weighted by molar-refractivity contribution is 0.0601. The van der Waals surface area contributed by atoms with E-state index < -0.39 is 5.97 Å². The molecule has 0 amide bonds. The lowest BCUT2D eigenvalue weighted by Gasteiger charge is -2.12. The third-order valence-corrected chi connectivity index (χ3v) is 3.12. The molecule has 1 aromatic carbocycles. The van der Waals surface area contributed by atoms with E-state index in [1.807, 2.05) is 6.92 Å². The van der Waals surface area contributed by atoms with E-state index in [0.29, 0.717) is 21.2 Å². The number of alkyl halides is 1. The third-order valence-electron chi connectivity index (χ3n) is 1.93. The summed E-state index contributed by atoms with van der Waals surface area (Å²) in [6, 6.07) is 3.18. The Morgan fingerprint density at radius 3 is 2.53 bits per heavy atom. The van der Waals surface area contributed by atoms with Crippen molar-refractivity contribution >= 4 is 45.1 Å². The van der Waals surface area contributed by atoms with Crippen LogP contribution in [0.15, 0.2) is 12.1 Å². The average Bonchev–Trinajstić information content (AvgIpc) is 2.16. The normalized spacial score (nSPS) is 12.3. The minimum absolute atomic E-state index is 0.0258. The Bertz CT molecular complexity index is 391. The Morgan fingerprint density at radius 2 is 2.07 bits per heavy atom. The van der Waals surface area contributed by atoms with Gasteiger partial charge in [-0.05, 0) is 19.1 Å². The molecule has 82 valence electrons. The first-order chi connectivity index (χ1) is 6.99. The second-order valence-electron chi connectivity index (χ2n) is 2.93. The maximum atomic E-state index is 11.4. The Hall–Kier alpha value is -0.250. The summed E-state index contributed by atoms with van der Waals surface area (Å²) in [5.74, 6) is -0.467. The van der Waals surface area contributed by atoms with E-state index in [4.69, 9.17) is 23.2 Å². The molecule has 0 radical (unpaired) electrons. The Morgan fingerprint density at radius 1 is 1.47 bits per heavy atom. The molecule has 0 heterocycles. The van der Waals surface area contributed by atoms with Crippen LogP contribution in [0.25, 0.3) is 0 Å². The van der Waals surface area contributed by atoms with Crippen LogP contribution >= 0.6 is 39.1 Å². The molecule has 1 aromatic rings. The van der Waals surface area contributed by atoms with Gasteiger partial charge >= 0.3 is 5.97 Å². The number of methoxy groups -OCH3 is 1. The van der Waals surface area contributed by atoms with Crippen LogP contribution < -0.4 is 0 Å². The van der Waals surface area contributed by atoms with Gasteiger partial charge in [0.2, 0.25) is 0 Å². The van der Waals surface area contributed by atoms with Gasteiger partial charge in [-0.3, -0.25) is 0 Å². The SMILES string of the molecule is COC(=O)c1ccc(Cl)c(C(C)Br)c1Cl. The highest BCUT2D eigenvalue weighted by Gasteiger charge is 2.18. The fraction of sp³-hybridized carbons (Fsp3) is 0.300. The van der Waals surface area contributed by atoms with Crippen molar-refractivity contribution in [2.45, 2.75) is 11.8 Å². The van der Waals surface area contributed by atoms with Crippen LogP contribution in [0.1, 0.15) is 27.7 Å². The summed E-state index contributed by atoms with van der Waals surface area (Å²) in [6.07, 6.45) is 0. The van der Waals surface area contributed by atoms with Crippen molar-refractivity contribution in [3.63, 3.8) is 0 Å². The third kappa shape index (κ3) is 2.65. The first-order valence-corrected chi connectivity index (χ1v) is 5.86. The number of benzene rings is 1. The lowest BCUT2D eigenvalue weighted by Crippen LogP contribution is -2.04. The number of halogens is 3. The molecule has 0 aliphatic heterocycles.